The molecule has 5 heteroatoms. The van der Waals surface area contributed by atoms with Gasteiger partial charge in [0.1, 0.15) is 0 Å². The second-order valence-corrected chi connectivity index (χ2v) is 6.66. The average molecular weight is 347 g/mol. The maximum Gasteiger partial charge on any atom is 0.193 e. The minimum absolute atomic E-state index is 0.422. The molecule has 0 saturated carbocycles. The largest absolute Gasteiger partial charge is 0.370 e. The van der Waals surface area contributed by atoms with Crippen molar-refractivity contribution in [3.63, 3.8) is 0 Å². The zero-order valence-corrected chi connectivity index (χ0v) is 15.3. The van der Waals surface area contributed by atoms with E-state index in [-0.39, 0.29) is 0 Å². The number of rotatable bonds is 6. The van der Waals surface area contributed by atoms with Crippen molar-refractivity contribution in [2.75, 3.05) is 5.32 Å². The Bertz CT molecular complexity index is 866. The molecule has 3 aromatic rings. The van der Waals surface area contributed by atoms with Crippen LogP contribution in [0.3, 0.4) is 0 Å². The van der Waals surface area contributed by atoms with Crippen LogP contribution in [0.4, 0.5) is 5.69 Å². The number of nitrogens with one attached hydrogen (secondary N) is 1. The van der Waals surface area contributed by atoms with Gasteiger partial charge in [-0.25, -0.2) is 9.98 Å². The van der Waals surface area contributed by atoms with Gasteiger partial charge in [-0.2, -0.15) is 0 Å². The highest BCUT2D eigenvalue weighted by molar-refractivity contribution is 5.92. The highest BCUT2D eigenvalue weighted by Gasteiger charge is 2.02. The van der Waals surface area contributed by atoms with Gasteiger partial charge in [0.2, 0.25) is 0 Å². The first-order valence-corrected chi connectivity index (χ1v) is 8.80. The fourth-order valence-electron chi connectivity index (χ4n) is 2.76. The van der Waals surface area contributed by atoms with Gasteiger partial charge in [0.05, 0.1) is 12.9 Å². The Hall–Kier alpha value is -3.08. The van der Waals surface area contributed by atoms with Crippen molar-refractivity contribution >= 4 is 11.6 Å². The van der Waals surface area contributed by atoms with E-state index in [9.17, 15) is 0 Å². The highest BCUT2D eigenvalue weighted by atomic mass is 15.1. The standard InChI is InChI=1S/C21H25N5/c1-16(2)19-7-4-8-20(12-19)25-21(22)24-13-17-5-3-6-18(11-17)14-26-10-9-23-15-26/h3-12,15-16H,13-14H2,1-2H3,(H3,22,24,25). The molecule has 0 aliphatic heterocycles. The number of benzene rings is 2. The van der Waals surface area contributed by atoms with Gasteiger partial charge in [-0.05, 0) is 34.7 Å². The first kappa shape index (κ1) is 17.7. The number of nitrogens with zero attached hydrogens (tertiary/aromatic N) is 3. The quantitative estimate of drug-likeness (QED) is 0.523. The molecule has 0 aliphatic rings. The topological polar surface area (TPSA) is 68.2 Å². The average Bonchev–Trinajstić information content (AvgIpc) is 3.13. The van der Waals surface area contributed by atoms with Gasteiger partial charge in [0, 0.05) is 24.6 Å². The second kappa shape index (κ2) is 8.34. The molecule has 5 nitrogen and oxygen atoms in total. The van der Waals surface area contributed by atoms with Crippen LogP contribution in [0.25, 0.3) is 0 Å². The first-order valence-electron chi connectivity index (χ1n) is 8.80. The normalized spacial score (nSPS) is 11.7. The summed E-state index contributed by atoms with van der Waals surface area (Å²) in [6.07, 6.45) is 5.56. The Balaban J connectivity index is 1.62. The van der Waals surface area contributed by atoms with Crippen molar-refractivity contribution < 1.29 is 0 Å². The van der Waals surface area contributed by atoms with Crippen LogP contribution in [0.5, 0.6) is 0 Å². The highest BCUT2D eigenvalue weighted by Crippen LogP contribution is 2.18. The van der Waals surface area contributed by atoms with E-state index < -0.39 is 0 Å². The number of anilines is 1. The van der Waals surface area contributed by atoms with Gasteiger partial charge in [-0.15, -0.1) is 0 Å². The van der Waals surface area contributed by atoms with Crippen molar-refractivity contribution in [1.82, 2.24) is 9.55 Å². The van der Waals surface area contributed by atoms with Crippen molar-refractivity contribution in [3.05, 3.63) is 83.9 Å². The second-order valence-electron chi connectivity index (χ2n) is 6.66. The predicted molar refractivity (Wildman–Crippen MR) is 107 cm³/mol. The van der Waals surface area contributed by atoms with Crippen LogP contribution in [-0.4, -0.2) is 15.5 Å². The van der Waals surface area contributed by atoms with Crippen molar-refractivity contribution in [1.29, 1.82) is 0 Å². The lowest BCUT2D eigenvalue weighted by atomic mass is 10.0. The zero-order chi connectivity index (χ0) is 18.4. The number of aromatic nitrogens is 2. The Kier molecular flexibility index (Phi) is 5.69. The fourth-order valence-corrected chi connectivity index (χ4v) is 2.76. The number of imidazole rings is 1. The molecule has 0 amide bonds. The van der Waals surface area contributed by atoms with Crippen LogP contribution in [0, 0.1) is 0 Å². The summed E-state index contributed by atoms with van der Waals surface area (Å²) in [7, 11) is 0. The fraction of sp³-hybridized carbons (Fsp3) is 0.238. The summed E-state index contributed by atoms with van der Waals surface area (Å²) in [6, 6.07) is 16.6. The number of aliphatic imine (C=N–C) groups is 1. The first-order chi connectivity index (χ1) is 12.6. The maximum absolute atomic E-state index is 6.05. The van der Waals surface area contributed by atoms with E-state index in [0.717, 1.165) is 17.8 Å². The summed E-state index contributed by atoms with van der Waals surface area (Å²) in [4.78, 5) is 8.54. The van der Waals surface area contributed by atoms with E-state index in [1.807, 2.05) is 35.3 Å². The Morgan fingerprint density at radius 1 is 1.15 bits per heavy atom. The van der Waals surface area contributed by atoms with Gasteiger partial charge in [-0.3, -0.25) is 0 Å². The van der Waals surface area contributed by atoms with E-state index >= 15 is 0 Å². The Morgan fingerprint density at radius 3 is 2.73 bits per heavy atom. The molecule has 0 unspecified atom stereocenters. The number of guanidine groups is 1. The lowest BCUT2D eigenvalue weighted by Crippen LogP contribution is -2.22. The van der Waals surface area contributed by atoms with Crippen LogP contribution < -0.4 is 11.1 Å². The molecule has 134 valence electrons. The van der Waals surface area contributed by atoms with Crippen LogP contribution >= 0.6 is 0 Å². The van der Waals surface area contributed by atoms with Crippen LogP contribution in [-0.2, 0) is 13.1 Å². The van der Waals surface area contributed by atoms with E-state index in [1.54, 1.807) is 6.20 Å². The van der Waals surface area contributed by atoms with Crippen molar-refractivity contribution in [3.8, 4) is 0 Å². The Labute approximate surface area is 154 Å². The monoisotopic (exact) mass is 347 g/mol. The van der Waals surface area contributed by atoms with Gasteiger partial charge in [-0.1, -0.05) is 50.2 Å². The molecule has 0 radical (unpaired) electrons. The summed E-state index contributed by atoms with van der Waals surface area (Å²) >= 11 is 0. The van der Waals surface area contributed by atoms with Gasteiger partial charge < -0.3 is 15.6 Å². The molecule has 2 aromatic carbocycles. The molecular weight excluding hydrogens is 322 g/mol. The minimum atomic E-state index is 0.422. The summed E-state index contributed by atoms with van der Waals surface area (Å²) in [5.41, 5.74) is 10.6. The molecule has 1 aromatic heterocycles. The van der Waals surface area contributed by atoms with E-state index in [1.165, 1.54) is 11.1 Å². The lowest BCUT2D eigenvalue weighted by Gasteiger charge is -2.10. The number of hydrogen-bond donors (Lipinski definition) is 2. The van der Waals surface area contributed by atoms with Crippen molar-refractivity contribution in [2.45, 2.75) is 32.9 Å². The zero-order valence-electron chi connectivity index (χ0n) is 15.3. The van der Waals surface area contributed by atoms with Crippen molar-refractivity contribution in [2.24, 2.45) is 10.7 Å². The van der Waals surface area contributed by atoms with Gasteiger partial charge in [0.15, 0.2) is 5.96 Å². The Morgan fingerprint density at radius 2 is 1.96 bits per heavy atom. The molecule has 0 bridgehead atoms. The molecule has 26 heavy (non-hydrogen) atoms. The molecule has 0 aliphatic carbocycles. The summed E-state index contributed by atoms with van der Waals surface area (Å²) in [5, 5.41) is 3.17. The van der Waals surface area contributed by atoms with Gasteiger partial charge in [0.25, 0.3) is 0 Å². The molecule has 0 saturated heterocycles. The molecule has 3 rings (SSSR count). The SMILES string of the molecule is CC(C)c1cccc(NC(N)=NCc2cccc(Cn3ccnc3)c2)c1. The maximum atomic E-state index is 6.05. The molecule has 0 fully saturated rings. The van der Waals surface area contributed by atoms with Crippen LogP contribution in [0.15, 0.2) is 72.2 Å². The third-order valence-corrected chi connectivity index (χ3v) is 4.17. The van der Waals surface area contributed by atoms with Gasteiger partial charge >= 0.3 is 0 Å². The summed E-state index contributed by atoms with van der Waals surface area (Å²) in [5.74, 6) is 0.902. The summed E-state index contributed by atoms with van der Waals surface area (Å²) < 4.78 is 2.04. The third kappa shape index (κ3) is 4.96. The molecular formula is C21H25N5. The minimum Gasteiger partial charge on any atom is -0.370 e. The summed E-state index contributed by atoms with van der Waals surface area (Å²) in [6.45, 7) is 5.69. The van der Waals surface area contributed by atoms with Crippen LogP contribution in [0.2, 0.25) is 0 Å². The molecule has 0 atom stereocenters. The van der Waals surface area contributed by atoms with E-state index in [0.29, 0.717) is 18.4 Å². The smallest absolute Gasteiger partial charge is 0.193 e. The molecule has 0 spiro atoms. The number of nitrogens with two attached hydrogens (primary N) is 1. The van der Waals surface area contributed by atoms with Crippen LogP contribution in [0.1, 0.15) is 36.5 Å². The van der Waals surface area contributed by atoms with E-state index in [4.69, 9.17) is 5.73 Å². The number of hydrogen-bond acceptors (Lipinski definition) is 2. The lowest BCUT2D eigenvalue weighted by molar-refractivity contribution is 0.795. The van der Waals surface area contributed by atoms with E-state index in [2.05, 4.69) is 59.5 Å². The third-order valence-electron chi connectivity index (χ3n) is 4.17. The molecule has 3 N–H and O–H groups in total. The molecule has 1 heterocycles. The predicted octanol–water partition coefficient (Wildman–Crippen LogP) is 3.98.